The second-order valence-corrected chi connectivity index (χ2v) is 6.56. The van der Waals surface area contributed by atoms with Crippen LogP contribution in [0.1, 0.15) is 16.8 Å². The zero-order valence-electron chi connectivity index (χ0n) is 9.43. The number of nitrogens with one attached hydrogen (secondary N) is 1. The van der Waals surface area contributed by atoms with Gasteiger partial charge in [0.05, 0.1) is 17.5 Å². The first kappa shape index (κ1) is 13.3. The van der Waals surface area contributed by atoms with Crippen molar-refractivity contribution in [3.63, 3.8) is 0 Å². The summed E-state index contributed by atoms with van der Waals surface area (Å²) in [5.41, 5.74) is 0.394. The molecule has 1 heterocycles. The Balaban J connectivity index is 2.07. The molecule has 1 saturated heterocycles. The minimum Gasteiger partial charge on any atom is -0.379 e. The smallest absolute Gasteiger partial charge is 0.261 e. The summed E-state index contributed by atoms with van der Waals surface area (Å²) in [5, 5.41) is 2.81. The van der Waals surface area contributed by atoms with Crippen molar-refractivity contribution in [2.24, 2.45) is 0 Å². The second-order valence-electron chi connectivity index (χ2n) is 4.00. The highest BCUT2D eigenvalue weighted by Crippen LogP contribution is 2.15. The van der Waals surface area contributed by atoms with Crippen LogP contribution in [-0.4, -0.2) is 33.6 Å². The van der Waals surface area contributed by atoms with Gasteiger partial charge in [0, 0.05) is 22.9 Å². The maximum Gasteiger partial charge on any atom is 0.261 e. The predicted molar refractivity (Wildman–Crippen MR) is 66.2 cm³/mol. The fourth-order valence-electron chi connectivity index (χ4n) is 1.69. The molecular formula is C11H12ClNO4S. The number of amides is 1. The van der Waals surface area contributed by atoms with E-state index in [4.69, 9.17) is 15.4 Å². The quantitative estimate of drug-likeness (QED) is 0.847. The van der Waals surface area contributed by atoms with E-state index in [2.05, 4.69) is 5.32 Å². The molecule has 0 spiro atoms. The molecule has 1 N–H and O–H groups in total. The van der Waals surface area contributed by atoms with Gasteiger partial charge in [0.1, 0.15) is 0 Å². The van der Waals surface area contributed by atoms with Crippen molar-refractivity contribution < 1.29 is 17.9 Å². The van der Waals surface area contributed by atoms with E-state index in [-0.39, 0.29) is 16.8 Å². The molecule has 0 radical (unpaired) electrons. The third-order valence-electron chi connectivity index (χ3n) is 2.66. The fourth-order valence-corrected chi connectivity index (χ4v) is 2.46. The molecule has 1 amide bonds. The lowest BCUT2D eigenvalue weighted by molar-refractivity contribution is 0.0930. The van der Waals surface area contributed by atoms with Gasteiger partial charge in [0.25, 0.3) is 15.0 Å². The Morgan fingerprint density at radius 3 is 2.50 bits per heavy atom. The molecule has 0 saturated carbocycles. The van der Waals surface area contributed by atoms with E-state index in [1.807, 2.05) is 0 Å². The minimum absolute atomic E-state index is 0.0222. The lowest BCUT2D eigenvalue weighted by Crippen LogP contribution is -2.34. The molecular weight excluding hydrogens is 278 g/mol. The van der Waals surface area contributed by atoms with E-state index >= 15 is 0 Å². The van der Waals surface area contributed by atoms with Gasteiger partial charge in [-0.1, -0.05) is 0 Å². The molecule has 1 fully saturated rings. The monoisotopic (exact) mass is 289 g/mol. The molecule has 1 aromatic rings. The molecule has 98 valence electrons. The summed E-state index contributed by atoms with van der Waals surface area (Å²) < 4.78 is 27.2. The van der Waals surface area contributed by atoms with Crippen molar-refractivity contribution in [1.82, 2.24) is 5.32 Å². The summed E-state index contributed by atoms with van der Waals surface area (Å²) in [5.74, 6) is -0.246. The third-order valence-corrected chi connectivity index (χ3v) is 4.03. The van der Waals surface area contributed by atoms with Crippen molar-refractivity contribution in [2.75, 3.05) is 13.2 Å². The molecule has 7 heteroatoms. The zero-order valence-corrected chi connectivity index (χ0v) is 11.0. The molecule has 0 bridgehead atoms. The van der Waals surface area contributed by atoms with Gasteiger partial charge >= 0.3 is 0 Å². The fraction of sp³-hybridized carbons (Fsp3) is 0.364. The number of hydrogen-bond donors (Lipinski definition) is 1. The number of hydrogen-bond acceptors (Lipinski definition) is 4. The van der Waals surface area contributed by atoms with Crippen LogP contribution in [0.2, 0.25) is 0 Å². The normalized spacial score (nSPS) is 19.7. The summed E-state index contributed by atoms with van der Waals surface area (Å²) in [6, 6.07) is 5.50. The van der Waals surface area contributed by atoms with E-state index in [1.165, 1.54) is 24.3 Å². The number of rotatable bonds is 3. The lowest BCUT2D eigenvalue weighted by atomic mass is 10.2. The summed E-state index contributed by atoms with van der Waals surface area (Å²) in [7, 11) is 1.44. The van der Waals surface area contributed by atoms with Gasteiger partial charge in [-0.05, 0) is 30.7 Å². The van der Waals surface area contributed by atoms with Crippen molar-refractivity contribution in [1.29, 1.82) is 0 Å². The van der Waals surface area contributed by atoms with E-state index in [1.54, 1.807) is 0 Å². The van der Waals surface area contributed by atoms with Crippen molar-refractivity contribution in [3.05, 3.63) is 29.8 Å². The maximum atomic E-state index is 11.8. The molecule has 5 nitrogen and oxygen atoms in total. The second kappa shape index (κ2) is 5.26. The minimum atomic E-state index is -3.75. The van der Waals surface area contributed by atoms with Crippen LogP contribution in [-0.2, 0) is 13.8 Å². The predicted octanol–water partition coefficient (Wildman–Crippen LogP) is 1.13. The van der Waals surface area contributed by atoms with Crippen LogP contribution < -0.4 is 5.32 Å². The highest BCUT2D eigenvalue weighted by Gasteiger charge is 2.19. The molecule has 0 aromatic heterocycles. The van der Waals surface area contributed by atoms with E-state index in [9.17, 15) is 13.2 Å². The van der Waals surface area contributed by atoms with Crippen LogP contribution in [0.25, 0.3) is 0 Å². The Kier molecular flexibility index (Phi) is 3.89. The van der Waals surface area contributed by atoms with E-state index < -0.39 is 9.05 Å². The van der Waals surface area contributed by atoms with Gasteiger partial charge in [-0.25, -0.2) is 8.42 Å². The standard InChI is InChI=1S/C11H12ClNO4S/c12-18(15,16)10-3-1-8(2-4-10)11(14)13-9-5-6-17-7-9/h1-4,9H,5-7H2,(H,13,14). The summed E-state index contributed by atoms with van der Waals surface area (Å²) in [6.45, 7) is 1.16. The lowest BCUT2D eigenvalue weighted by Gasteiger charge is -2.10. The van der Waals surface area contributed by atoms with Crippen molar-refractivity contribution in [2.45, 2.75) is 17.4 Å². The highest BCUT2D eigenvalue weighted by molar-refractivity contribution is 8.13. The molecule has 2 rings (SSSR count). The summed E-state index contributed by atoms with van der Waals surface area (Å²) in [4.78, 5) is 11.8. The number of halogens is 1. The van der Waals surface area contributed by atoms with Crippen LogP contribution in [0, 0.1) is 0 Å². The topological polar surface area (TPSA) is 72.5 Å². The number of carbonyl (C=O) groups is 1. The molecule has 0 aliphatic carbocycles. The average Bonchev–Trinajstić information content (AvgIpc) is 2.81. The van der Waals surface area contributed by atoms with Gasteiger partial charge in [0.2, 0.25) is 0 Å². The molecule has 18 heavy (non-hydrogen) atoms. The molecule has 1 aliphatic rings. The number of ether oxygens (including phenoxy) is 1. The average molecular weight is 290 g/mol. The molecule has 1 atom stereocenters. The van der Waals surface area contributed by atoms with Crippen LogP contribution in [0.15, 0.2) is 29.2 Å². The third kappa shape index (κ3) is 3.22. The Labute approximate surface area is 110 Å². The zero-order chi connectivity index (χ0) is 13.2. The number of carbonyl (C=O) groups excluding carboxylic acids is 1. The van der Waals surface area contributed by atoms with Crippen molar-refractivity contribution in [3.8, 4) is 0 Å². The molecule has 1 unspecified atom stereocenters. The van der Waals surface area contributed by atoms with Gasteiger partial charge in [-0.15, -0.1) is 0 Å². The Hall–Kier alpha value is -1.11. The van der Waals surface area contributed by atoms with Gasteiger partial charge in [-0.2, -0.15) is 0 Å². The van der Waals surface area contributed by atoms with Crippen LogP contribution in [0.3, 0.4) is 0 Å². The Morgan fingerprint density at radius 1 is 1.33 bits per heavy atom. The maximum absolute atomic E-state index is 11.8. The highest BCUT2D eigenvalue weighted by atomic mass is 35.7. The Morgan fingerprint density at radius 2 is 2.00 bits per heavy atom. The van der Waals surface area contributed by atoms with Crippen LogP contribution in [0.5, 0.6) is 0 Å². The summed E-state index contributed by atoms with van der Waals surface area (Å²) in [6.07, 6.45) is 0.792. The van der Waals surface area contributed by atoms with Gasteiger partial charge in [0.15, 0.2) is 0 Å². The largest absolute Gasteiger partial charge is 0.379 e. The first-order chi connectivity index (χ1) is 8.47. The van der Waals surface area contributed by atoms with Gasteiger partial charge in [-0.3, -0.25) is 4.79 Å². The Bertz CT molecular complexity index is 535. The molecule has 1 aromatic carbocycles. The van der Waals surface area contributed by atoms with Crippen LogP contribution >= 0.6 is 10.7 Å². The van der Waals surface area contributed by atoms with E-state index in [0.717, 1.165) is 6.42 Å². The van der Waals surface area contributed by atoms with E-state index in [0.29, 0.717) is 18.8 Å². The first-order valence-corrected chi connectivity index (χ1v) is 7.71. The van der Waals surface area contributed by atoms with Crippen LogP contribution in [0.4, 0.5) is 0 Å². The number of benzene rings is 1. The summed E-state index contributed by atoms with van der Waals surface area (Å²) >= 11 is 0. The van der Waals surface area contributed by atoms with Crippen molar-refractivity contribution >= 4 is 25.6 Å². The van der Waals surface area contributed by atoms with Gasteiger partial charge < -0.3 is 10.1 Å². The first-order valence-electron chi connectivity index (χ1n) is 5.40. The molecule has 1 aliphatic heterocycles. The SMILES string of the molecule is O=C(NC1CCOC1)c1ccc(S(=O)(=O)Cl)cc1.